The van der Waals surface area contributed by atoms with Crippen LogP contribution in [0.2, 0.25) is 0 Å². The molecule has 1 unspecified atom stereocenters. The van der Waals surface area contributed by atoms with Crippen LogP contribution >= 0.6 is 11.3 Å². The lowest BCUT2D eigenvalue weighted by atomic mass is 9.85. The van der Waals surface area contributed by atoms with Gasteiger partial charge in [-0.1, -0.05) is 57.2 Å². The van der Waals surface area contributed by atoms with Crippen molar-refractivity contribution in [2.24, 2.45) is 11.3 Å². The minimum absolute atomic E-state index is 0.0202. The Bertz CT molecular complexity index is 2470. The highest BCUT2D eigenvalue weighted by Crippen LogP contribution is 2.32. The van der Waals surface area contributed by atoms with Crippen molar-refractivity contribution in [2.75, 3.05) is 38.0 Å². The van der Waals surface area contributed by atoms with Gasteiger partial charge in [0.25, 0.3) is 0 Å². The summed E-state index contributed by atoms with van der Waals surface area (Å²) >= 11 is 1.57. The van der Waals surface area contributed by atoms with E-state index in [9.17, 15) is 41.1 Å². The van der Waals surface area contributed by atoms with Crippen LogP contribution in [-0.4, -0.2) is 117 Å². The summed E-state index contributed by atoms with van der Waals surface area (Å²) in [6.45, 7) is 11.8. The van der Waals surface area contributed by atoms with Crippen LogP contribution in [0.15, 0.2) is 71.3 Å². The highest BCUT2D eigenvalue weighted by atomic mass is 32.2. The Balaban J connectivity index is 0.876. The number of hydrogen-bond acceptors (Lipinski definition) is 12. The molecule has 4 aromatic rings. The summed E-state index contributed by atoms with van der Waals surface area (Å²) in [5.41, 5.74) is 3.89. The molecule has 7 rings (SSSR count). The van der Waals surface area contributed by atoms with Gasteiger partial charge in [0.05, 0.1) is 38.7 Å². The van der Waals surface area contributed by atoms with Crippen molar-refractivity contribution in [1.82, 2.24) is 39.7 Å². The fourth-order valence-corrected chi connectivity index (χ4v) is 11.4. The monoisotopic (exact) mass is 967 g/mol. The molecule has 362 valence electrons. The molecule has 20 heteroatoms. The number of aryl methyl sites for hydroxylation is 1. The summed E-state index contributed by atoms with van der Waals surface area (Å²) in [7, 11) is -3.81. The molecular formula is C47H60F3N9O6S2. The van der Waals surface area contributed by atoms with Gasteiger partial charge in [0, 0.05) is 57.5 Å². The molecule has 3 amide bonds. The number of nitrogens with one attached hydrogen (secondary N) is 3. The summed E-state index contributed by atoms with van der Waals surface area (Å²) in [6.07, 6.45) is -1.37. The van der Waals surface area contributed by atoms with E-state index in [0.29, 0.717) is 32.5 Å². The number of alkyl halides is 3. The second kappa shape index (κ2) is 20.7. The van der Waals surface area contributed by atoms with Crippen molar-refractivity contribution in [1.29, 1.82) is 0 Å². The molecular weight excluding hydrogens is 908 g/mol. The summed E-state index contributed by atoms with van der Waals surface area (Å²) in [6, 6.07) is 12.4. The number of aromatic nitrogens is 3. The molecule has 0 aliphatic carbocycles. The highest BCUT2D eigenvalue weighted by molar-refractivity contribution is 7.89. The number of anilines is 1. The van der Waals surface area contributed by atoms with E-state index in [4.69, 9.17) is 0 Å². The van der Waals surface area contributed by atoms with Crippen LogP contribution in [0, 0.1) is 18.3 Å². The Hall–Kier alpha value is -5.02. The molecule has 0 radical (unpaired) electrons. The van der Waals surface area contributed by atoms with Crippen LogP contribution in [0.4, 0.5) is 19.1 Å². The van der Waals surface area contributed by atoms with Gasteiger partial charge in [-0.25, -0.2) is 23.4 Å². The lowest BCUT2D eigenvalue weighted by Gasteiger charge is -2.36. The number of β-amino-alcohol motifs (C(OH)–C–C–N with tert-alkyl or cyclic N) is 1. The van der Waals surface area contributed by atoms with E-state index >= 15 is 0 Å². The van der Waals surface area contributed by atoms with Gasteiger partial charge in [-0.3, -0.25) is 19.3 Å². The third-order valence-electron chi connectivity index (χ3n) is 13.0. The first-order valence-corrected chi connectivity index (χ1v) is 25.0. The third kappa shape index (κ3) is 12.4. The van der Waals surface area contributed by atoms with E-state index in [1.165, 1.54) is 9.21 Å². The first-order valence-electron chi connectivity index (χ1n) is 22.7. The number of amides is 3. The molecule has 15 nitrogen and oxygen atoms in total. The van der Waals surface area contributed by atoms with Crippen LogP contribution in [0.5, 0.6) is 0 Å². The zero-order valence-electron chi connectivity index (χ0n) is 38.4. The van der Waals surface area contributed by atoms with Crippen LogP contribution in [0.25, 0.3) is 10.4 Å². The number of carbonyl (C=O) groups is 3. The molecule has 4 N–H and O–H groups in total. The number of rotatable bonds is 14. The largest absolute Gasteiger partial charge is 0.419 e. The van der Waals surface area contributed by atoms with Crippen molar-refractivity contribution in [3.05, 3.63) is 88.8 Å². The second-order valence-corrected chi connectivity index (χ2v) is 21.9. The average Bonchev–Trinajstić information content (AvgIpc) is 3.91. The Labute approximate surface area is 394 Å². The Morgan fingerprint density at radius 1 is 0.925 bits per heavy atom. The van der Waals surface area contributed by atoms with Gasteiger partial charge in [0.1, 0.15) is 12.1 Å². The average molecular weight is 968 g/mol. The Kier molecular flexibility index (Phi) is 15.4. The zero-order chi connectivity index (χ0) is 48.3. The number of nitrogens with zero attached hydrogens (tertiary/aromatic N) is 6. The van der Waals surface area contributed by atoms with Gasteiger partial charge in [-0.05, 0) is 92.8 Å². The Morgan fingerprint density at radius 2 is 1.60 bits per heavy atom. The van der Waals surface area contributed by atoms with Gasteiger partial charge in [-0.15, -0.1) is 11.3 Å². The summed E-state index contributed by atoms with van der Waals surface area (Å²) < 4.78 is 67.5. The fourth-order valence-electron chi connectivity index (χ4n) is 9.03. The fraction of sp³-hybridized carbons (Fsp3) is 0.532. The quantitative estimate of drug-likeness (QED) is 0.113. The standard InChI is InChI=1S/C47H60F3N9O6S2/c1-29(33-9-11-34(12-10-33)41-30(2)53-28-66-41)54-43(62)39-23-37(60)27-59(39)44(63)42(46(3,4)5)56-40(61)22-31-13-17-57(18-14-31)26-32-7-6-8-38(21-32)67(64,65)58-19-15-36(16-20-58)55-45-51-24-35(25-52-45)47(48,49)50/h6-12,21,24-25,28-29,31,36-37,39,42,60H,13-20,22-23,26-27H2,1-5H3,(H,54,62)(H,56,61)(H,51,52,55)/t29-,37+,39-,42?/m0/s1. The number of aliphatic hydroxyl groups excluding tert-OH is 1. The normalized spacial score (nSPS) is 20.3. The SMILES string of the molecule is Cc1ncsc1-c1ccc([C@H](C)NC(=O)[C@@H]2C[C@@H](O)CN2C(=O)C(NC(=O)CC2CCN(Cc3cccc(S(=O)(=O)N4CCC(Nc5ncc(C(F)(F)F)cn5)CC4)c3)CC2)C(C)(C)C)cc1. The predicted octanol–water partition coefficient (Wildman–Crippen LogP) is 6.16. The minimum Gasteiger partial charge on any atom is -0.391 e. The van der Waals surface area contributed by atoms with Crippen molar-refractivity contribution < 1.29 is 41.1 Å². The molecule has 2 aromatic carbocycles. The predicted molar refractivity (Wildman–Crippen MR) is 248 cm³/mol. The number of hydrogen-bond donors (Lipinski definition) is 4. The number of carbonyl (C=O) groups excluding carboxylic acids is 3. The number of benzene rings is 2. The van der Waals surface area contributed by atoms with E-state index in [-0.39, 0.29) is 73.1 Å². The second-order valence-electron chi connectivity index (χ2n) is 19.1. The van der Waals surface area contributed by atoms with Crippen LogP contribution < -0.4 is 16.0 Å². The molecule has 67 heavy (non-hydrogen) atoms. The maximum absolute atomic E-state index is 14.2. The van der Waals surface area contributed by atoms with Crippen LogP contribution in [-0.2, 0) is 37.1 Å². The summed E-state index contributed by atoms with van der Waals surface area (Å²) in [4.78, 5) is 58.4. The first-order chi connectivity index (χ1) is 31.6. The smallest absolute Gasteiger partial charge is 0.391 e. The van der Waals surface area contributed by atoms with E-state index in [2.05, 4.69) is 35.8 Å². The number of halogens is 3. The number of thiazole rings is 1. The molecule has 0 bridgehead atoms. The molecule has 3 saturated heterocycles. The molecule has 5 heterocycles. The van der Waals surface area contributed by atoms with Crippen molar-refractivity contribution in [3.8, 4) is 10.4 Å². The molecule has 2 aromatic heterocycles. The van der Waals surface area contributed by atoms with Gasteiger partial charge >= 0.3 is 6.18 Å². The number of aliphatic hydroxyl groups is 1. The van der Waals surface area contributed by atoms with Crippen LogP contribution in [0.1, 0.15) is 94.6 Å². The van der Waals surface area contributed by atoms with Crippen molar-refractivity contribution in [2.45, 2.75) is 121 Å². The molecule has 3 aliphatic heterocycles. The van der Waals surface area contributed by atoms with Crippen LogP contribution in [0.3, 0.4) is 0 Å². The lowest BCUT2D eigenvalue weighted by Crippen LogP contribution is -2.58. The molecule has 4 atom stereocenters. The van der Waals surface area contributed by atoms with Gasteiger partial charge in [-0.2, -0.15) is 17.5 Å². The topological polar surface area (TPSA) is 190 Å². The molecule has 3 aliphatic rings. The first kappa shape index (κ1) is 49.9. The number of piperidine rings is 2. The Morgan fingerprint density at radius 3 is 2.21 bits per heavy atom. The molecule has 3 fully saturated rings. The third-order valence-corrected chi connectivity index (χ3v) is 15.8. The van der Waals surface area contributed by atoms with E-state index in [1.54, 1.807) is 29.5 Å². The van der Waals surface area contributed by atoms with E-state index < -0.39 is 51.3 Å². The maximum Gasteiger partial charge on any atom is 0.419 e. The van der Waals surface area contributed by atoms with Crippen molar-refractivity contribution >= 4 is 45.0 Å². The van der Waals surface area contributed by atoms with Gasteiger partial charge in [0.15, 0.2) is 0 Å². The van der Waals surface area contributed by atoms with E-state index in [1.807, 2.05) is 70.5 Å². The number of sulfonamides is 1. The molecule has 0 spiro atoms. The lowest BCUT2D eigenvalue weighted by molar-refractivity contribution is -0.144. The van der Waals surface area contributed by atoms with Crippen molar-refractivity contribution in [3.63, 3.8) is 0 Å². The maximum atomic E-state index is 14.2. The highest BCUT2D eigenvalue weighted by Gasteiger charge is 2.45. The summed E-state index contributed by atoms with van der Waals surface area (Å²) in [5, 5.41) is 19.7. The van der Waals surface area contributed by atoms with Gasteiger partial charge < -0.3 is 26.0 Å². The minimum atomic E-state index is -4.54. The van der Waals surface area contributed by atoms with Gasteiger partial charge in [0.2, 0.25) is 33.7 Å². The van der Waals surface area contributed by atoms with E-state index in [0.717, 1.165) is 52.5 Å². The zero-order valence-corrected chi connectivity index (χ0v) is 40.1. The number of likely N-dealkylation sites (tertiary alicyclic amines) is 2. The molecule has 0 saturated carbocycles. The summed E-state index contributed by atoms with van der Waals surface area (Å²) in [5.74, 6) is -0.927.